The Balaban J connectivity index is 2.46. The molecule has 6 heteroatoms. The predicted molar refractivity (Wildman–Crippen MR) is 75.5 cm³/mol. The van der Waals surface area contributed by atoms with Gasteiger partial charge in [-0.2, -0.15) is 5.10 Å². The van der Waals surface area contributed by atoms with Gasteiger partial charge >= 0.3 is 0 Å². The quantitative estimate of drug-likeness (QED) is 0.863. The van der Waals surface area contributed by atoms with Gasteiger partial charge in [0.25, 0.3) is 0 Å². The lowest BCUT2D eigenvalue weighted by molar-refractivity contribution is 0.197. The van der Waals surface area contributed by atoms with E-state index in [4.69, 9.17) is 0 Å². The fourth-order valence-electron chi connectivity index (χ4n) is 2.33. The topological polar surface area (TPSA) is 38.0 Å². The standard InChI is InChI=1S/C14H15BrF2N2O/c1-7-13(9(3)20)8(2)19(18-7)6-10-12(16)5-4-11(15)14(10)17/h4-5,9,20H,6H2,1-3H3. The van der Waals surface area contributed by atoms with Gasteiger partial charge in [0.2, 0.25) is 0 Å². The van der Waals surface area contributed by atoms with E-state index in [1.54, 1.807) is 20.8 Å². The second-order valence-electron chi connectivity index (χ2n) is 4.74. The first kappa shape index (κ1) is 15.1. The number of aryl methyl sites for hydroxylation is 1. The SMILES string of the molecule is Cc1nn(Cc2c(F)ccc(Br)c2F)c(C)c1C(C)O. The van der Waals surface area contributed by atoms with Gasteiger partial charge in [0.1, 0.15) is 11.6 Å². The number of aliphatic hydroxyl groups is 1. The summed E-state index contributed by atoms with van der Waals surface area (Å²) >= 11 is 3.04. The molecule has 0 fully saturated rings. The van der Waals surface area contributed by atoms with Crippen molar-refractivity contribution < 1.29 is 13.9 Å². The zero-order valence-corrected chi connectivity index (χ0v) is 13.0. The molecule has 1 aromatic heterocycles. The summed E-state index contributed by atoms with van der Waals surface area (Å²) in [5.74, 6) is -1.24. The summed E-state index contributed by atoms with van der Waals surface area (Å²) < 4.78 is 29.5. The van der Waals surface area contributed by atoms with Crippen LogP contribution in [-0.2, 0) is 6.54 Å². The summed E-state index contributed by atoms with van der Waals surface area (Å²) in [5, 5.41) is 14.0. The Hall–Kier alpha value is -1.27. The molecule has 0 bridgehead atoms. The van der Waals surface area contributed by atoms with Gasteiger partial charge in [0, 0.05) is 16.8 Å². The Kier molecular flexibility index (Phi) is 4.25. The van der Waals surface area contributed by atoms with Crippen LogP contribution in [-0.4, -0.2) is 14.9 Å². The Morgan fingerprint density at radius 1 is 1.35 bits per heavy atom. The van der Waals surface area contributed by atoms with Gasteiger partial charge in [-0.1, -0.05) is 0 Å². The van der Waals surface area contributed by atoms with E-state index >= 15 is 0 Å². The normalized spacial score (nSPS) is 12.8. The van der Waals surface area contributed by atoms with Crippen molar-refractivity contribution in [1.29, 1.82) is 0 Å². The molecule has 0 aliphatic carbocycles. The maximum absolute atomic E-state index is 14.0. The smallest absolute Gasteiger partial charge is 0.145 e. The van der Waals surface area contributed by atoms with Gasteiger partial charge in [-0.05, 0) is 48.8 Å². The van der Waals surface area contributed by atoms with Gasteiger partial charge in [-0.25, -0.2) is 8.78 Å². The molecular weight excluding hydrogens is 330 g/mol. The van der Waals surface area contributed by atoms with Crippen molar-refractivity contribution in [2.45, 2.75) is 33.4 Å². The van der Waals surface area contributed by atoms with Crippen LogP contribution in [0.1, 0.15) is 35.5 Å². The van der Waals surface area contributed by atoms with Crippen LogP contribution in [0.2, 0.25) is 0 Å². The van der Waals surface area contributed by atoms with Crippen molar-refractivity contribution in [3.05, 3.63) is 50.8 Å². The van der Waals surface area contributed by atoms with Crippen LogP contribution < -0.4 is 0 Å². The minimum Gasteiger partial charge on any atom is -0.389 e. The van der Waals surface area contributed by atoms with Gasteiger partial charge in [0.05, 0.1) is 22.8 Å². The molecule has 0 spiro atoms. The van der Waals surface area contributed by atoms with Gasteiger partial charge in [-0.15, -0.1) is 0 Å². The molecule has 0 saturated carbocycles. The fourth-order valence-corrected chi connectivity index (χ4v) is 2.70. The number of benzene rings is 1. The highest BCUT2D eigenvalue weighted by Crippen LogP contribution is 2.25. The van der Waals surface area contributed by atoms with E-state index in [1.807, 2.05) is 0 Å². The molecule has 1 aromatic carbocycles. The largest absolute Gasteiger partial charge is 0.389 e. The first-order valence-corrected chi connectivity index (χ1v) is 6.96. The third-order valence-electron chi connectivity index (χ3n) is 3.30. The molecule has 1 heterocycles. The van der Waals surface area contributed by atoms with Gasteiger partial charge in [0.15, 0.2) is 0 Å². The molecule has 0 aliphatic heterocycles. The molecule has 1 N–H and O–H groups in total. The van der Waals surface area contributed by atoms with Crippen LogP contribution in [0.15, 0.2) is 16.6 Å². The second-order valence-corrected chi connectivity index (χ2v) is 5.59. The van der Waals surface area contributed by atoms with Crippen molar-refractivity contribution in [1.82, 2.24) is 9.78 Å². The lowest BCUT2D eigenvalue weighted by atomic mass is 10.1. The van der Waals surface area contributed by atoms with E-state index in [0.29, 0.717) is 17.0 Å². The third-order valence-corrected chi connectivity index (χ3v) is 3.91. The Bertz CT molecular complexity index is 653. The molecule has 0 radical (unpaired) electrons. The van der Waals surface area contributed by atoms with E-state index in [-0.39, 0.29) is 16.6 Å². The highest BCUT2D eigenvalue weighted by atomic mass is 79.9. The first-order chi connectivity index (χ1) is 9.32. The number of aromatic nitrogens is 2. The van der Waals surface area contributed by atoms with Crippen LogP contribution in [0.25, 0.3) is 0 Å². The Morgan fingerprint density at radius 3 is 2.55 bits per heavy atom. The van der Waals surface area contributed by atoms with E-state index in [9.17, 15) is 13.9 Å². The van der Waals surface area contributed by atoms with E-state index in [2.05, 4.69) is 21.0 Å². The number of halogens is 3. The predicted octanol–water partition coefficient (Wildman–Crippen LogP) is 3.64. The molecule has 0 saturated heterocycles. The van der Waals surface area contributed by atoms with E-state index in [1.165, 1.54) is 16.8 Å². The molecule has 20 heavy (non-hydrogen) atoms. The highest BCUT2D eigenvalue weighted by molar-refractivity contribution is 9.10. The summed E-state index contributed by atoms with van der Waals surface area (Å²) in [6, 6.07) is 2.54. The molecule has 0 amide bonds. The maximum Gasteiger partial charge on any atom is 0.145 e. The first-order valence-electron chi connectivity index (χ1n) is 6.17. The number of hydrogen-bond donors (Lipinski definition) is 1. The summed E-state index contributed by atoms with van der Waals surface area (Å²) in [6.07, 6.45) is -0.666. The summed E-state index contributed by atoms with van der Waals surface area (Å²) in [5.41, 5.74) is 2.01. The average Bonchev–Trinajstić information content (AvgIpc) is 2.64. The highest BCUT2D eigenvalue weighted by Gasteiger charge is 2.19. The minimum absolute atomic E-state index is 0.0174. The van der Waals surface area contributed by atoms with Crippen molar-refractivity contribution in [2.24, 2.45) is 0 Å². The lowest BCUT2D eigenvalue weighted by Crippen LogP contribution is -2.09. The average molecular weight is 345 g/mol. The second kappa shape index (κ2) is 5.61. The zero-order chi connectivity index (χ0) is 15.0. The maximum atomic E-state index is 14.0. The fraction of sp³-hybridized carbons (Fsp3) is 0.357. The number of aliphatic hydroxyl groups excluding tert-OH is 1. The van der Waals surface area contributed by atoms with Crippen LogP contribution in [0.5, 0.6) is 0 Å². The Labute approximate surface area is 124 Å². The molecule has 2 aromatic rings. The van der Waals surface area contributed by atoms with E-state index in [0.717, 1.165) is 0 Å². The van der Waals surface area contributed by atoms with Crippen LogP contribution in [0.4, 0.5) is 8.78 Å². The molecule has 1 unspecified atom stereocenters. The zero-order valence-electron chi connectivity index (χ0n) is 11.4. The third kappa shape index (κ3) is 2.62. The Morgan fingerprint density at radius 2 is 2.00 bits per heavy atom. The van der Waals surface area contributed by atoms with Crippen molar-refractivity contribution in [3.63, 3.8) is 0 Å². The van der Waals surface area contributed by atoms with E-state index < -0.39 is 17.7 Å². The molecule has 0 aliphatic rings. The van der Waals surface area contributed by atoms with Gasteiger partial charge in [-0.3, -0.25) is 4.68 Å². The van der Waals surface area contributed by atoms with Crippen molar-refractivity contribution >= 4 is 15.9 Å². The molecule has 3 nitrogen and oxygen atoms in total. The number of hydrogen-bond acceptors (Lipinski definition) is 2. The number of rotatable bonds is 3. The number of nitrogens with zero attached hydrogens (tertiary/aromatic N) is 2. The molecule has 2 rings (SSSR count). The molecular formula is C14H15BrF2N2O. The summed E-state index contributed by atoms with van der Waals surface area (Å²) in [7, 11) is 0. The minimum atomic E-state index is -0.666. The summed E-state index contributed by atoms with van der Waals surface area (Å²) in [6.45, 7) is 5.16. The summed E-state index contributed by atoms with van der Waals surface area (Å²) in [4.78, 5) is 0. The monoisotopic (exact) mass is 344 g/mol. The van der Waals surface area contributed by atoms with Crippen molar-refractivity contribution in [3.8, 4) is 0 Å². The van der Waals surface area contributed by atoms with Crippen LogP contribution >= 0.6 is 15.9 Å². The van der Waals surface area contributed by atoms with Gasteiger partial charge < -0.3 is 5.11 Å². The van der Waals surface area contributed by atoms with Crippen molar-refractivity contribution in [2.75, 3.05) is 0 Å². The lowest BCUT2D eigenvalue weighted by Gasteiger charge is -2.09. The molecule has 1 atom stereocenters. The van der Waals surface area contributed by atoms with Crippen LogP contribution in [0.3, 0.4) is 0 Å². The molecule has 108 valence electrons. The van der Waals surface area contributed by atoms with Crippen LogP contribution in [0, 0.1) is 25.5 Å².